The third-order valence-electron chi connectivity index (χ3n) is 2.39. The molecule has 1 aromatic carbocycles. The van der Waals surface area contributed by atoms with Gasteiger partial charge < -0.3 is 4.74 Å². The molecular formula is C12H10BrClN2O3S. The molecule has 0 fully saturated rings. The highest BCUT2D eigenvalue weighted by Gasteiger charge is 2.20. The molecule has 1 aromatic heterocycles. The molecule has 0 bridgehead atoms. The van der Waals surface area contributed by atoms with Gasteiger partial charge in [0.15, 0.2) is 0 Å². The normalized spacial score (nSPS) is 11.2. The summed E-state index contributed by atoms with van der Waals surface area (Å²) >= 11 is 8.89. The van der Waals surface area contributed by atoms with Gasteiger partial charge in [0.1, 0.15) is 15.8 Å². The lowest BCUT2D eigenvalue weighted by Crippen LogP contribution is -2.14. The zero-order valence-electron chi connectivity index (χ0n) is 10.3. The summed E-state index contributed by atoms with van der Waals surface area (Å²) in [6.07, 6.45) is 1.34. The van der Waals surface area contributed by atoms with Crippen LogP contribution >= 0.6 is 27.5 Å². The first kappa shape index (κ1) is 15.1. The molecule has 20 heavy (non-hydrogen) atoms. The van der Waals surface area contributed by atoms with Crippen LogP contribution in [0.2, 0.25) is 5.15 Å². The first-order valence-corrected chi connectivity index (χ1v) is 8.06. The number of benzene rings is 1. The minimum Gasteiger partial charge on any atom is -0.495 e. The Hall–Kier alpha value is -1.31. The lowest BCUT2D eigenvalue weighted by Gasteiger charge is -2.11. The number of hydrogen-bond acceptors (Lipinski definition) is 4. The van der Waals surface area contributed by atoms with E-state index in [1.54, 1.807) is 12.1 Å². The van der Waals surface area contributed by atoms with Crippen molar-refractivity contribution in [3.05, 3.63) is 46.2 Å². The summed E-state index contributed by atoms with van der Waals surface area (Å²) in [5, 5.41) is 0.285. The number of rotatable bonds is 4. The van der Waals surface area contributed by atoms with Crippen molar-refractivity contribution in [1.29, 1.82) is 0 Å². The van der Waals surface area contributed by atoms with E-state index in [0.29, 0.717) is 10.2 Å². The van der Waals surface area contributed by atoms with E-state index >= 15 is 0 Å². The number of aromatic nitrogens is 1. The molecule has 0 aliphatic heterocycles. The number of anilines is 1. The molecule has 2 aromatic rings. The fourth-order valence-electron chi connectivity index (χ4n) is 1.51. The Balaban J connectivity index is 2.40. The third-order valence-corrected chi connectivity index (χ3v) is 4.51. The molecule has 0 aliphatic rings. The van der Waals surface area contributed by atoms with Crippen molar-refractivity contribution in [3.63, 3.8) is 0 Å². The first-order chi connectivity index (χ1) is 9.42. The van der Waals surface area contributed by atoms with E-state index in [0.717, 1.165) is 0 Å². The predicted molar refractivity (Wildman–Crippen MR) is 80.7 cm³/mol. The SMILES string of the molecule is COc1ccc(Br)cc1S(=O)(=O)Nc1ccc(Cl)nc1. The average molecular weight is 378 g/mol. The Morgan fingerprint density at radius 1 is 1.30 bits per heavy atom. The van der Waals surface area contributed by atoms with Crippen LogP contribution < -0.4 is 9.46 Å². The number of nitrogens with one attached hydrogen (secondary N) is 1. The third kappa shape index (κ3) is 3.41. The molecule has 2 rings (SSSR count). The molecule has 106 valence electrons. The largest absolute Gasteiger partial charge is 0.495 e. The minimum atomic E-state index is -3.78. The maximum atomic E-state index is 12.3. The van der Waals surface area contributed by atoms with E-state index in [-0.39, 0.29) is 15.8 Å². The van der Waals surface area contributed by atoms with Gasteiger partial charge in [0.2, 0.25) is 0 Å². The average Bonchev–Trinajstić information content (AvgIpc) is 2.41. The Morgan fingerprint density at radius 3 is 2.65 bits per heavy atom. The summed E-state index contributed by atoms with van der Waals surface area (Å²) in [7, 11) is -2.37. The van der Waals surface area contributed by atoms with Gasteiger partial charge in [-0.15, -0.1) is 0 Å². The van der Waals surface area contributed by atoms with Gasteiger partial charge >= 0.3 is 0 Å². The molecule has 8 heteroatoms. The zero-order chi connectivity index (χ0) is 14.8. The number of nitrogens with zero attached hydrogens (tertiary/aromatic N) is 1. The molecule has 1 N–H and O–H groups in total. The van der Waals surface area contributed by atoms with Crippen molar-refractivity contribution in [2.45, 2.75) is 4.90 Å². The number of hydrogen-bond donors (Lipinski definition) is 1. The van der Waals surface area contributed by atoms with Crippen LogP contribution in [0.1, 0.15) is 0 Å². The van der Waals surface area contributed by atoms with E-state index < -0.39 is 10.0 Å². The molecule has 1 heterocycles. The molecular weight excluding hydrogens is 368 g/mol. The Morgan fingerprint density at radius 2 is 2.05 bits per heavy atom. The van der Waals surface area contributed by atoms with Crippen LogP contribution in [0.3, 0.4) is 0 Å². The van der Waals surface area contributed by atoms with Gasteiger partial charge in [0.25, 0.3) is 10.0 Å². The summed E-state index contributed by atoms with van der Waals surface area (Å²) in [5.41, 5.74) is 0.316. The Labute approximate surface area is 130 Å². The van der Waals surface area contributed by atoms with Gasteiger partial charge in [-0.1, -0.05) is 27.5 Å². The second-order valence-corrected chi connectivity index (χ2v) is 6.72. The van der Waals surface area contributed by atoms with Crippen molar-refractivity contribution in [2.24, 2.45) is 0 Å². The lowest BCUT2D eigenvalue weighted by atomic mass is 10.3. The van der Waals surface area contributed by atoms with Crippen molar-refractivity contribution in [1.82, 2.24) is 4.98 Å². The highest BCUT2D eigenvalue weighted by Crippen LogP contribution is 2.28. The minimum absolute atomic E-state index is 0.0318. The fraction of sp³-hybridized carbons (Fsp3) is 0.0833. The number of sulfonamides is 1. The van der Waals surface area contributed by atoms with Gasteiger partial charge in [-0.25, -0.2) is 13.4 Å². The lowest BCUT2D eigenvalue weighted by molar-refractivity contribution is 0.403. The molecule has 0 amide bonds. The topological polar surface area (TPSA) is 68.3 Å². The Kier molecular flexibility index (Phi) is 4.52. The van der Waals surface area contributed by atoms with Crippen molar-refractivity contribution < 1.29 is 13.2 Å². The standard InChI is InChI=1S/C12H10BrClN2O3S/c1-19-10-4-2-8(13)6-11(10)20(17,18)16-9-3-5-12(14)15-7-9/h2-7,16H,1H3. The van der Waals surface area contributed by atoms with Gasteiger partial charge in [0.05, 0.1) is 19.0 Å². The first-order valence-electron chi connectivity index (χ1n) is 5.40. The van der Waals surface area contributed by atoms with E-state index in [9.17, 15) is 8.42 Å². The maximum Gasteiger partial charge on any atom is 0.265 e. The fourth-order valence-corrected chi connectivity index (χ4v) is 3.37. The summed E-state index contributed by atoms with van der Waals surface area (Å²) < 4.78 is 32.8. The second-order valence-electron chi connectivity index (χ2n) is 3.77. The summed E-state index contributed by atoms with van der Waals surface area (Å²) in [6.45, 7) is 0. The van der Waals surface area contributed by atoms with Crippen molar-refractivity contribution >= 4 is 43.2 Å². The summed E-state index contributed by atoms with van der Waals surface area (Å²) in [6, 6.07) is 7.75. The second kappa shape index (κ2) is 5.99. The summed E-state index contributed by atoms with van der Waals surface area (Å²) in [5.74, 6) is 0.252. The molecule has 0 unspecified atom stereocenters. The maximum absolute atomic E-state index is 12.3. The quantitative estimate of drug-likeness (QED) is 0.830. The molecule has 0 spiro atoms. The van der Waals surface area contributed by atoms with Crippen LogP contribution in [0.15, 0.2) is 45.9 Å². The predicted octanol–water partition coefficient (Wildman–Crippen LogP) is 3.31. The van der Waals surface area contributed by atoms with E-state index in [4.69, 9.17) is 16.3 Å². The van der Waals surface area contributed by atoms with Gasteiger partial charge in [-0.05, 0) is 30.3 Å². The summed E-state index contributed by atoms with van der Waals surface area (Å²) in [4.78, 5) is 3.85. The molecule has 0 aliphatic carbocycles. The van der Waals surface area contributed by atoms with E-state index in [1.807, 2.05) is 0 Å². The monoisotopic (exact) mass is 376 g/mol. The van der Waals surface area contributed by atoms with E-state index in [2.05, 4.69) is 25.6 Å². The molecule has 0 radical (unpaired) electrons. The van der Waals surface area contributed by atoms with Gasteiger partial charge in [0, 0.05) is 4.47 Å². The van der Waals surface area contributed by atoms with Crippen molar-refractivity contribution in [3.8, 4) is 5.75 Å². The number of halogens is 2. The van der Waals surface area contributed by atoms with Gasteiger partial charge in [-0.2, -0.15) is 0 Å². The highest BCUT2D eigenvalue weighted by molar-refractivity contribution is 9.10. The number of methoxy groups -OCH3 is 1. The highest BCUT2D eigenvalue weighted by atomic mass is 79.9. The molecule has 0 atom stereocenters. The van der Waals surface area contributed by atoms with Crippen LogP contribution in [0.25, 0.3) is 0 Å². The van der Waals surface area contributed by atoms with Crippen LogP contribution in [-0.4, -0.2) is 20.5 Å². The molecule has 0 saturated carbocycles. The van der Waals surface area contributed by atoms with Gasteiger partial charge in [-0.3, -0.25) is 4.72 Å². The number of ether oxygens (including phenoxy) is 1. The van der Waals surface area contributed by atoms with E-state index in [1.165, 1.54) is 31.5 Å². The Bertz CT molecular complexity index is 720. The smallest absolute Gasteiger partial charge is 0.265 e. The molecule has 0 saturated heterocycles. The van der Waals surface area contributed by atoms with Crippen LogP contribution in [0.4, 0.5) is 5.69 Å². The van der Waals surface area contributed by atoms with Crippen LogP contribution in [0, 0.1) is 0 Å². The molecule has 5 nitrogen and oxygen atoms in total. The zero-order valence-corrected chi connectivity index (χ0v) is 13.5. The van der Waals surface area contributed by atoms with Crippen molar-refractivity contribution in [2.75, 3.05) is 11.8 Å². The van der Waals surface area contributed by atoms with Crippen LogP contribution in [-0.2, 0) is 10.0 Å². The van der Waals surface area contributed by atoms with Crippen LogP contribution in [0.5, 0.6) is 5.75 Å². The number of pyridine rings is 1.